The van der Waals surface area contributed by atoms with Crippen LogP contribution in [0.4, 0.5) is 10.1 Å². The number of halogens is 1. The Balaban J connectivity index is 2.14. The van der Waals surface area contributed by atoms with Gasteiger partial charge in [0.15, 0.2) is 17.2 Å². The summed E-state index contributed by atoms with van der Waals surface area (Å²) in [6, 6.07) is 4.82. The number of alkyl halides is 1. The molecule has 0 radical (unpaired) electrons. The normalized spacial score (nSPS) is 20.1. The van der Waals surface area contributed by atoms with E-state index in [4.69, 9.17) is 9.47 Å². The Bertz CT molecular complexity index is 765. The van der Waals surface area contributed by atoms with Crippen molar-refractivity contribution in [2.24, 2.45) is 0 Å². The number of anilines is 1. The number of nitrogens with zero attached hydrogens (tertiary/aromatic N) is 1. The molecule has 1 aromatic rings. The van der Waals surface area contributed by atoms with Gasteiger partial charge in [-0.25, -0.2) is 4.39 Å². The Hall–Kier alpha value is -2.73. The first-order valence-corrected chi connectivity index (χ1v) is 8.75. The number of allylic oxidation sites excluding steroid dienone is 3. The Kier molecular flexibility index (Phi) is 7.07. The maximum Gasteiger partial charge on any atom is 0.162 e. The average Bonchev–Trinajstić information content (AvgIpc) is 2.64. The molecule has 146 valence electrons. The lowest BCUT2D eigenvalue weighted by Crippen LogP contribution is -2.43. The van der Waals surface area contributed by atoms with E-state index in [2.05, 4.69) is 0 Å². The van der Waals surface area contributed by atoms with E-state index < -0.39 is 12.4 Å². The standard InChI is InChI=1S/C21H26FNO4/c1-4-6-16(7-5-11-22)15-27-18-10-12-23(21(2,25)14-18)17-8-9-19(24)20(13-17)26-3/h5-10,12-14,24-25H,4,11,15H2,1-3H3/b7-5-,16-6+. The van der Waals surface area contributed by atoms with Crippen LogP contribution in [-0.2, 0) is 4.74 Å². The number of benzene rings is 1. The van der Waals surface area contributed by atoms with Gasteiger partial charge in [0, 0.05) is 24.0 Å². The largest absolute Gasteiger partial charge is 0.504 e. The van der Waals surface area contributed by atoms with Gasteiger partial charge in [-0.15, -0.1) is 0 Å². The minimum Gasteiger partial charge on any atom is -0.504 e. The molecule has 0 saturated heterocycles. The van der Waals surface area contributed by atoms with Gasteiger partial charge in [0.1, 0.15) is 19.0 Å². The number of methoxy groups -OCH3 is 1. The highest BCUT2D eigenvalue weighted by atomic mass is 19.1. The monoisotopic (exact) mass is 375 g/mol. The van der Waals surface area contributed by atoms with Gasteiger partial charge < -0.3 is 24.6 Å². The van der Waals surface area contributed by atoms with Gasteiger partial charge in [-0.1, -0.05) is 25.2 Å². The molecular weight excluding hydrogens is 349 g/mol. The second kappa shape index (κ2) is 9.28. The molecule has 1 aromatic carbocycles. The average molecular weight is 375 g/mol. The fourth-order valence-corrected chi connectivity index (χ4v) is 2.74. The smallest absolute Gasteiger partial charge is 0.162 e. The highest BCUT2D eigenvalue weighted by molar-refractivity contribution is 5.60. The fourth-order valence-electron chi connectivity index (χ4n) is 2.74. The molecule has 6 heteroatoms. The van der Waals surface area contributed by atoms with Crippen LogP contribution >= 0.6 is 0 Å². The van der Waals surface area contributed by atoms with Gasteiger partial charge in [0.05, 0.1) is 7.11 Å². The minimum absolute atomic E-state index is 0.0259. The summed E-state index contributed by atoms with van der Waals surface area (Å²) >= 11 is 0. The topological polar surface area (TPSA) is 62.2 Å². The minimum atomic E-state index is -1.34. The SMILES string of the molecule is CC/C=C(\C=C/CF)COC1=CC(C)(O)N(c2ccc(O)c(OC)c2)C=C1. The Morgan fingerprint density at radius 3 is 2.78 bits per heavy atom. The number of phenolic OH excluding ortho intramolecular Hbond substituents is 1. The maximum absolute atomic E-state index is 12.3. The predicted octanol–water partition coefficient (Wildman–Crippen LogP) is 4.21. The van der Waals surface area contributed by atoms with E-state index in [9.17, 15) is 14.6 Å². The number of aromatic hydroxyl groups is 1. The lowest BCUT2D eigenvalue weighted by molar-refractivity contribution is 0.107. The van der Waals surface area contributed by atoms with Crippen LogP contribution < -0.4 is 9.64 Å². The van der Waals surface area contributed by atoms with Gasteiger partial charge in [0.25, 0.3) is 0 Å². The van der Waals surface area contributed by atoms with Crippen molar-refractivity contribution in [3.8, 4) is 11.5 Å². The zero-order chi connectivity index (χ0) is 19.9. The van der Waals surface area contributed by atoms with Crippen molar-refractivity contribution >= 4 is 5.69 Å². The van der Waals surface area contributed by atoms with Gasteiger partial charge >= 0.3 is 0 Å². The first-order valence-electron chi connectivity index (χ1n) is 8.75. The third-order valence-electron chi connectivity index (χ3n) is 4.03. The fraction of sp³-hybridized carbons (Fsp3) is 0.333. The number of hydrogen-bond donors (Lipinski definition) is 2. The van der Waals surface area contributed by atoms with Crippen LogP contribution in [0.2, 0.25) is 0 Å². The first kappa shape index (κ1) is 20.6. The van der Waals surface area contributed by atoms with Crippen molar-refractivity contribution < 1.29 is 24.1 Å². The van der Waals surface area contributed by atoms with Crippen LogP contribution in [0.5, 0.6) is 11.5 Å². The molecular formula is C21H26FNO4. The van der Waals surface area contributed by atoms with Crippen LogP contribution in [0.25, 0.3) is 0 Å². The van der Waals surface area contributed by atoms with E-state index in [0.717, 1.165) is 12.0 Å². The second-order valence-electron chi connectivity index (χ2n) is 6.22. The zero-order valence-corrected chi connectivity index (χ0v) is 15.9. The van der Waals surface area contributed by atoms with Gasteiger partial charge in [-0.2, -0.15) is 0 Å². The summed E-state index contributed by atoms with van der Waals surface area (Å²) in [5.74, 6) is 0.854. The predicted molar refractivity (Wildman–Crippen MR) is 104 cm³/mol. The summed E-state index contributed by atoms with van der Waals surface area (Å²) in [6.07, 6.45) is 10.9. The van der Waals surface area contributed by atoms with Crippen LogP contribution in [0.3, 0.4) is 0 Å². The Morgan fingerprint density at radius 2 is 2.15 bits per heavy atom. The summed E-state index contributed by atoms with van der Waals surface area (Å²) in [7, 11) is 1.47. The molecule has 5 nitrogen and oxygen atoms in total. The molecule has 0 fully saturated rings. The van der Waals surface area contributed by atoms with Gasteiger partial charge in [-0.3, -0.25) is 0 Å². The summed E-state index contributed by atoms with van der Waals surface area (Å²) < 4.78 is 23.2. The molecule has 2 N–H and O–H groups in total. The number of hydrogen-bond acceptors (Lipinski definition) is 5. The number of ether oxygens (including phenoxy) is 2. The number of phenols is 1. The second-order valence-corrected chi connectivity index (χ2v) is 6.22. The van der Waals surface area contributed by atoms with Crippen LogP contribution in [0.15, 0.2) is 66.1 Å². The third kappa shape index (κ3) is 5.37. The molecule has 0 amide bonds. The van der Waals surface area contributed by atoms with E-state index in [1.165, 1.54) is 19.3 Å². The van der Waals surface area contributed by atoms with Crippen LogP contribution in [0, 0.1) is 0 Å². The van der Waals surface area contributed by atoms with Crippen molar-refractivity contribution in [1.29, 1.82) is 0 Å². The molecule has 0 aromatic heterocycles. The molecule has 1 atom stereocenters. The summed E-state index contributed by atoms with van der Waals surface area (Å²) in [4.78, 5) is 1.63. The Morgan fingerprint density at radius 1 is 1.37 bits per heavy atom. The van der Waals surface area contributed by atoms with Crippen molar-refractivity contribution in [1.82, 2.24) is 0 Å². The molecule has 0 spiro atoms. The molecule has 1 aliphatic heterocycles. The van der Waals surface area contributed by atoms with E-state index in [1.54, 1.807) is 48.4 Å². The molecule has 27 heavy (non-hydrogen) atoms. The van der Waals surface area contributed by atoms with Crippen LogP contribution in [-0.4, -0.2) is 36.3 Å². The Labute approximate surface area is 159 Å². The molecule has 1 unspecified atom stereocenters. The molecule has 0 aliphatic carbocycles. The number of aliphatic hydroxyl groups is 1. The van der Waals surface area contributed by atoms with Gasteiger partial charge in [0.2, 0.25) is 0 Å². The number of rotatable bonds is 8. The molecule has 1 heterocycles. The van der Waals surface area contributed by atoms with E-state index in [-0.39, 0.29) is 12.4 Å². The molecule has 1 aliphatic rings. The van der Waals surface area contributed by atoms with Crippen LogP contribution in [0.1, 0.15) is 20.3 Å². The van der Waals surface area contributed by atoms with E-state index in [1.807, 2.05) is 13.0 Å². The van der Waals surface area contributed by atoms with Crippen molar-refractivity contribution in [2.45, 2.75) is 26.0 Å². The summed E-state index contributed by atoms with van der Waals surface area (Å²) in [5.41, 5.74) is 0.184. The lowest BCUT2D eigenvalue weighted by atomic mass is 10.1. The van der Waals surface area contributed by atoms with Crippen molar-refractivity contribution in [3.63, 3.8) is 0 Å². The van der Waals surface area contributed by atoms with Gasteiger partial charge in [-0.05, 0) is 37.1 Å². The molecule has 0 saturated carbocycles. The summed E-state index contributed by atoms with van der Waals surface area (Å²) in [6.45, 7) is 3.38. The quantitative estimate of drug-likeness (QED) is 0.667. The molecule has 0 bridgehead atoms. The third-order valence-corrected chi connectivity index (χ3v) is 4.03. The summed E-state index contributed by atoms with van der Waals surface area (Å²) in [5, 5.41) is 20.6. The zero-order valence-electron chi connectivity index (χ0n) is 15.9. The lowest BCUT2D eigenvalue weighted by Gasteiger charge is -2.36. The maximum atomic E-state index is 12.3. The highest BCUT2D eigenvalue weighted by Crippen LogP contribution is 2.35. The van der Waals surface area contributed by atoms with E-state index >= 15 is 0 Å². The molecule has 2 rings (SSSR count). The van der Waals surface area contributed by atoms with E-state index in [0.29, 0.717) is 17.2 Å². The highest BCUT2D eigenvalue weighted by Gasteiger charge is 2.30. The van der Waals surface area contributed by atoms with Crippen molar-refractivity contribution in [2.75, 3.05) is 25.3 Å². The van der Waals surface area contributed by atoms with Crippen molar-refractivity contribution in [3.05, 3.63) is 66.1 Å². The first-order chi connectivity index (χ1) is 12.9.